The molecule has 1 aromatic heterocycles. The molecule has 164 valence electrons. The predicted octanol–water partition coefficient (Wildman–Crippen LogP) is 2.51. The first-order valence-electron chi connectivity index (χ1n) is 10.5. The highest BCUT2D eigenvalue weighted by atomic mass is 35.5. The smallest absolute Gasteiger partial charge is 0.191 e. The van der Waals surface area contributed by atoms with E-state index in [1.807, 2.05) is 37.1 Å². The Morgan fingerprint density at radius 1 is 1.27 bits per heavy atom. The van der Waals surface area contributed by atoms with Crippen LogP contribution in [0.25, 0.3) is 0 Å². The molecule has 0 bridgehead atoms. The van der Waals surface area contributed by atoms with Crippen LogP contribution in [-0.4, -0.2) is 72.4 Å². The zero-order chi connectivity index (χ0) is 21.5. The second-order valence-corrected chi connectivity index (χ2v) is 8.64. The van der Waals surface area contributed by atoms with Crippen LogP contribution in [0.15, 0.2) is 41.7 Å². The normalized spacial score (nSPS) is 17.3. The molecular formula is C22H34ClN7. The maximum Gasteiger partial charge on any atom is 0.191 e. The van der Waals surface area contributed by atoms with E-state index < -0.39 is 0 Å². The lowest BCUT2D eigenvalue weighted by molar-refractivity contribution is 0.198. The number of likely N-dealkylation sites (tertiary alicyclic amines) is 1. The Labute approximate surface area is 185 Å². The molecule has 1 aromatic carbocycles. The molecule has 2 aromatic rings. The standard InChI is InChI=1S/C22H34ClN7/c1-24-22(25-14-21(28(2)3)18-13-26-29(4)16-18)27-20-9-11-30(12-10-20)15-17-5-7-19(23)8-6-17/h5-8,13,16,20-21H,9-12,14-15H2,1-4H3,(H2,24,25,27). The number of benzene rings is 1. The Morgan fingerprint density at radius 3 is 2.53 bits per heavy atom. The summed E-state index contributed by atoms with van der Waals surface area (Å²) < 4.78 is 1.84. The van der Waals surface area contributed by atoms with Crippen LogP contribution in [-0.2, 0) is 13.6 Å². The van der Waals surface area contributed by atoms with Crippen molar-refractivity contribution in [2.75, 3.05) is 40.8 Å². The van der Waals surface area contributed by atoms with Crippen molar-refractivity contribution in [1.29, 1.82) is 0 Å². The molecule has 1 atom stereocenters. The van der Waals surface area contributed by atoms with Gasteiger partial charge in [0.05, 0.1) is 12.2 Å². The Kier molecular flexibility index (Phi) is 8.13. The van der Waals surface area contributed by atoms with Crippen molar-refractivity contribution in [2.45, 2.75) is 31.5 Å². The summed E-state index contributed by atoms with van der Waals surface area (Å²) >= 11 is 5.99. The van der Waals surface area contributed by atoms with E-state index in [2.05, 4.69) is 62.9 Å². The van der Waals surface area contributed by atoms with Gasteiger partial charge >= 0.3 is 0 Å². The maximum atomic E-state index is 5.99. The molecule has 3 rings (SSSR count). The molecular weight excluding hydrogens is 398 g/mol. The van der Waals surface area contributed by atoms with Gasteiger partial charge in [0.25, 0.3) is 0 Å². The molecule has 1 fully saturated rings. The number of aliphatic imine (C=N–C) groups is 1. The van der Waals surface area contributed by atoms with Crippen LogP contribution >= 0.6 is 11.6 Å². The van der Waals surface area contributed by atoms with E-state index in [-0.39, 0.29) is 6.04 Å². The molecule has 8 heteroatoms. The first-order chi connectivity index (χ1) is 14.4. The average Bonchev–Trinajstić information content (AvgIpc) is 3.16. The van der Waals surface area contributed by atoms with Crippen molar-refractivity contribution in [2.24, 2.45) is 12.0 Å². The zero-order valence-corrected chi connectivity index (χ0v) is 19.2. The molecule has 0 spiro atoms. The third-order valence-corrected chi connectivity index (χ3v) is 5.92. The van der Waals surface area contributed by atoms with Crippen molar-refractivity contribution < 1.29 is 0 Å². The van der Waals surface area contributed by atoms with E-state index in [9.17, 15) is 0 Å². The monoisotopic (exact) mass is 431 g/mol. The third kappa shape index (κ3) is 6.45. The van der Waals surface area contributed by atoms with E-state index in [1.165, 1.54) is 11.1 Å². The van der Waals surface area contributed by atoms with Gasteiger partial charge in [-0.1, -0.05) is 23.7 Å². The van der Waals surface area contributed by atoms with Gasteiger partial charge in [0.1, 0.15) is 0 Å². The first-order valence-corrected chi connectivity index (χ1v) is 10.9. The molecule has 2 N–H and O–H groups in total. The lowest BCUT2D eigenvalue weighted by atomic mass is 10.0. The van der Waals surface area contributed by atoms with E-state index in [0.29, 0.717) is 6.04 Å². The fraction of sp³-hybridized carbons (Fsp3) is 0.545. The molecule has 1 saturated heterocycles. The second kappa shape index (κ2) is 10.8. The number of hydrogen-bond acceptors (Lipinski definition) is 4. The number of halogens is 1. The highest BCUT2D eigenvalue weighted by Gasteiger charge is 2.21. The summed E-state index contributed by atoms with van der Waals surface area (Å²) in [6, 6.07) is 8.83. The van der Waals surface area contributed by atoms with Crippen molar-refractivity contribution >= 4 is 17.6 Å². The molecule has 0 aliphatic carbocycles. The summed E-state index contributed by atoms with van der Waals surface area (Å²) in [4.78, 5) is 9.14. The third-order valence-electron chi connectivity index (χ3n) is 5.67. The fourth-order valence-electron chi connectivity index (χ4n) is 3.88. The van der Waals surface area contributed by atoms with E-state index >= 15 is 0 Å². The minimum Gasteiger partial charge on any atom is -0.354 e. The van der Waals surface area contributed by atoms with Gasteiger partial charge in [-0.05, 0) is 44.6 Å². The average molecular weight is 432 g/mol. The van der Waals surface area contributed by atoms with E-state index in [0.717, 1.165) is 50.0 Å². The summed E-state index contributed by atoms with van der Waals surface area (Å²) in [5, 5.41) is 12.2. The molecule has 30 heavy (non-hydrogen) atoms. The SMILES string of the molecule is CN=C(NCC(c1cnn(C)c1)N(C)C)NC1CCN(Cc2ccc(Cl)cc2)CC1. The summed E-state index contributed by atoms with van der Waals surface area (Å²) in [5.41, 5.74) is 2.51. The van der Waals surface area contributed by atoms with E-state index in [4.69, 9.17) is 11.6 Å². The Morgan fingerprint density at radius 2 is 1.97 bits per heavy atom. The van der Waals surface area contributed by atoms with Crippen LogP contribution < -0.4 is 10.6 Å². The van der Waals surface area contributed by atoms with Gasteiger partial charge in [-0.25, -0.2) is 0 Å². The largest absolute Gasteiger partial charge is 0.354 e. The number of nitrogens with zero attached hydrogens (tertiary/aromatic N) is 5. The molecule has 0 amide bonds. The van der Waals surface area contributed by atoms with Gasteiger partial charge in [-0.15, -0.1) is 0 Å². The van der Waals surface area contributed by atoms with Crippen molar-refractivity contribution in [3.63, 3.8) is 0 Å². The fourth-order valence-corrected chi connectivity index (χ4v) is 4.00. The number of guanidine groups is 1. The number of rotatable bonds is 7. The number of likely N-dealkylation sites (N-methyl/N-ethyl adjacent to an activating group) is 1. The van der Waals surface area contributed by atoms with Crippen LogP contribution in [0, 0.1) is 0 Å². The summed E-state index contributed by atoms with van der Waals surface area (Å²) in [5.74, 6) is 0.863. The minimum absolute atomic E-state index is 0.235. The lowest BCUT2D eigenvalue weighted by Gasteiger charge is -2.33. The molecule has 0 radical (unpaired) electrons. The molecule has 0 saturated carbocycles. The zero-order valence-electron chi connectivity index (χ0n) is 18.5. The number of piperidine rings is 1. The molecule has 1 aliphatic heterocycles. The quantitative estimate of drug-likeness (QED) is 0.521. The van der Waals surface area contributed by atoms with Gasteiger partial charge in [0.15, 0.2) is 5.96 Å². The van der Waals surface area contributed by atoms with Gasteiger partial charge in [0, 0.05) is 63.1 Å². The van der Waals surface area contributed by atoms with Crippen LogP contribution in [0.1, 0.15) is 30.0 Å². The van der Waals surface area contributed by atoms with Crippen LogP contribution in [0.3, 0.4) is 0 Å². The van der Waals surface area contributed by atoms with Crippen LogP contribution in [0.5, 0.6) is 0 Å². The van der Waals surface area contributed by atoms with E-state index in [1.54, 1.807) is 0 Å². The van der Waals surface area contributed by atoms with Crippen LogP contribution in [0.4, 0.5) is 0 Å². The van der Waals surface area contributed by atoms with Gasteiger partial charge < -0.3 is 15.5 Å². The van der Waals surface area contributed by atoms with Gasteiger partial charge in [-0.3, -0.25) is 14.6 Å². The minimum atomic E-state index is 0.235. The van der Waals surface area contributed by atoms with Gasteiger partial charge in [0.2, 0.25) is 0 Å². The maximum absolute atomic E-state index is 5.99. The number of aromatic nitrogens is 2. The Balaban J connectivity index is 1.45. The second-order valence-electron chi connectivity index (χ2n) is 8.20. The van der Waals surface area contributed by atoms with Gasteiger partial charge in [-0.2, -0.15) is 5.10 Å². The highest BCUT2D eigenvalue weighted by Crippen LogP contribution is 2.17. The lowest BCUT2D eigenvalue weighted by Crippen LogP contribution is -2.49. The van der Waals surface area contributed by atoms with Crippen molar-refractivity contribution in [3.05, 3.63) is 52.8 Å². The number of nitrogens with one attached hydrogen (secondary N) is 2. The van der Waals surface area contributed by atoms with Crippen molar-refractivity contribution in [3.8, 4) is 0 Å². The predicted molar refractivity (Wildman–Crippen MR) is 124 cm³/mol. The number of hydrogen-bond donors (Lipinski definition) is 2. The van der Waals surface area contributed by atoms with Crippen LogP contribution in [0.2, 0.25) is 5.02 Å². The Bertz CT molecular complexity index is 807. The molecule has 1 unspecified atom stereocenters. The highest BCUT2D eigenvalue weighted by molar-refractivity contribution is 6.30. The topological polar surface area (TPSA) is 60.7 Å². The Hall–Kier alpha value is -2.09. The summed E-state index contributed by atoms with van der Waals surface area (Å²) in [7, 11) is 7.96. The molecule has 7 nitrogen and oxygen atoms in total. The van der Waals surface area contributed by atoms with Crippen molar-refractivity contribution in [1.82, 2.24) is 30.2 Å². The number of aryl methyl sites for hydroxylation is 1. The first kappa shape index (κ1) is 22.6. The molecule has 1 aliphatic rings. The summed E-state index contributed by atoms with van der Waals surface area (Å²) in [6.45, 7) is 3.90. The summed E-state index contributed by atoms with van der Waals surface area (Å²) in [6.07, 6.45) is 6.21. The molecule has 2 heterocycles.